The number of aliphatic carboxylic acids is 3. The minimum absolute atomic E-state index is 0.249. The van der Waals surface area contributed by atoms with Gasteiger partial charge in [-0.05, 0) is 31.1 Å². The van der Waals surface area contributed by atoms with E-state index < -0.39 is 164 Å². The number of carbonyl (C=O) groups excluding carboxylic acids is 8. The Bertz CT molecular complexity index is 1540. The van der Waals surface area contributed by atoms with Gasteiger partial charge in [0.2, 0.25) is 47.3 Å². The highest BCUT2D eigenvalue weighted by atomic mass is 16.4. The molecule has 59 heavy (non-hydrogen) atoms. The summed E-state index contributed by atoms with van der Waals surface area (Å²) in [6, 6.07) is -10.3. The average molecular weight is 846 g/mol. The van der Waals surface area contributed by atoms with E-state index in [9.17, 15) is 73.2 Å². The second kappa shape index (κ2) is 26.2. The topological polar surface area (TPSA) is 391 Å². The van der Waals surface area contributed by atoms with Crippen LogP contribution in [-0.4, -0.2) is 148 Å². The van der Waals surface area contributed by atoms with Crippen molar-refractivity contribution < 1.29 is 73.2 Å². The number of hydrogen-bond donors (Lipinski definition) is 13. The fourth-order valence-electron chi connectivity index (χ4n) is 4.96. The first-order valence-electron chi connectivity index (χ1n) is 18.7. The van der Waals surface area contributed by atoms with E-state index in [1.165, 1.54) is 34.6 Å². The molecule has 0 unspecified atom stereocenters. The summed E-state index contributed by atoms with van der Waals surface area (Å²) < 4.78 is 0. The molecule has 14 N–H and O–H groups in total. The number of carboxylic acids is 3. The van der Waals surface area contributed by atoms with Gasteiger partial charge in [0.1, 0.15) is 36.3 Å². The van der Waals surface area contributed by atoms with E-state index in [4.69, 9.17) is 5.73 Å². The van der Waals surface area contributed by atoms with Gasteiger partial charge in [-0.2, -0.15) is 0 Å². The van der Waals surface area contributed by atoms with Crippen LogP contribution in [0.25, 0.3) is 0 Å². The number of hydrogen-bond acceptors (Lipinski definition) is 13. The van der Waals surface area contributed by atoms with E-state index in [0.717, 1.165) is 0 Å². The van der Waals surface area contributed by atoms with Crippen LogP contribution in [0, 0.1) is 17.8 Å². The molecule has 0 aromatic carbocycles. The first kappa shape index (κ1) is 53.1. The maximum atomic E-state index is 13.7. The SMILES string of the molecule is CC[C@H](C)[C@H](NC(=O)[C@@H](NC(=O)[C@H](CCC(=O)O)NC(=O)CNC(=O)CNC(=O)[C@H](C)N)C(C)C)C(=O)N[C@@H](CC(=O)O)C(=O)N[C@@H](CO)C(=O)N[C@H](C(=O)O)C(C)C. The smallest absolute Gasteiger partial charge is 0.326 e. The van der Waals surface area contributed by atoms with Gasteiger partial charge in [0.15, 0.2) is 0 Å². The van der Waals surface area contributed by atoms with Crippen molar-refractivity contribution in [2.24, 2.45) is 23.5 Å². The fraction of sp³-hybridized carbons (Fsp3) is 0.686. The van der Waals surface area contributed by atoms with Crippen LogP contribution in [0.2, 0.25) is 0 Å². The molecule has 24 heteroatoms. The number of nitrogens with one attached hydrogen (secondary N) is 8. The predicted molar refractivity (Wildman–Crippen MR) is 204 cm³/mol. The van der Waals surface area contributed by atoms with Crippen molar-refractivity contribution in [3.63, 3.8) is 0 Å². The minimum Gasteiger partial charge on any atom is -0.481 e. The van der Waals surface area contributed by atoms with Gasteiger partial charge in [0.25, 0.3) is 0 Å². The molecule has 0 aromatic heterocycles. The van der Waals surface area contributed by atoms with Gasteiger partial charge >= 0.3 is 17.9 Å². The van der Waals surface area contributed by atoms with Gasteiger partial charge in [-0.3, -0.25) is 47.9 Å². The quantitative estimate of drug-likeness (QED) is 0.0369. The summed E-state index contributed by atoms with van der Waals surface area (Å²) in [4.78, 5) is 137. The summed E-state index contributed by atoms with van der Waals surface area (Å²) in [5.41, 5.74) is 5.40. The summed E-state index contributed by atoms with van der Waals surface area (Å²) in [6.45, 7) is 8.40. The first-order valence-corrected chi connectivity index (χ1v) is 18.7. The minimum atomic E-state index is -1.87. The molecule has 0 saturated carbocycles. The van der Waals surface area contributed by atoms with E-state index in [1.807, 2.05) is 0 Å². The molecular formula is C35H59N9O15. The van der Waals surface area contributed by atoms with Crippen LogP contribution in [0.3, 0.4) is 0 Å². The standard InChI is InChI=1S/C35H59N9O15/c1-8-17(6)28(34(57)40-20(11-25(50)51)31(54)41-21(14-45)32(55)43-27(16(4)5)35(58)59)44-33(56)26(15(2)3)42-30(53)19(9-10-24(48)49)39-23(47)13-37-22(46)12-38-29(52)18(7)36/h15-21,26-28,45H,8-14,36H2,1-7H3,(H,37,46)(H,38,52)(H,39,47)(H,40,57)(H,41,54)(H,42,53)(H,43,55)(H,44,56)(H,48,49)(H,50,51)(H,58,59)/t17-,18-,19-,20-,21-,26-,27-,28-/m0/s1. The summed E-state index contributed by atoms with van der Waals surface area (Å²) in [7, 11) is 0. The normalized spacial score (nSPS) is 15.0. The van der Waals surface area contributed by atoms with Crippen LogP contribution in [-0.2, 0) is 52.7 Å². The molecule has 8 amide bonds. The highest BCUT2D eigenvalue weighted by Crippen LogP contribution is 2.12. The maximum Gasteiger partial charge on any atom is 0.326 e. The van der Waals surface area contributed by atoms with Crippen molar-refractivity contribution in [1.82, 2.24) is 42.5 Å². The van der Waals surface area contributed by atoms with Crippen molar-refractivity contribution in [3.05, 3.63) is 0 Å². The Kier molecular flexibility index (Phi) is 23.5. The lowest BCUT2D eigenvalue weighted by Gasteiger charge is -2.30. The Labute approximate surface area is 340 Å². The van der Waals surface area contributed by atoms with Crippen molar-refractivity contribution >= 4 is 65.2 Å². The van der Waals surface area contributed by atoms with Crippen molar-refractivity contribution in [2.45, 2.75) is 116 Å². The van der Waals surface area contributed by atoms with Crippen molar-refractivity contribution in [1.29, 1.82) is 0 Å². The Morgan fingerprint density at radius 3 is 1.47 bits per heavy atom. The second-order valence-corrected chi connectivity index (χ2v) is 14.4. The molecule has 0 aliphatic rings. The lowest BCUT2D eigenvalue weighted by molar-refractivity contribution is -0.144. The van der Waals surface area contributed by atoms with E-state index in [1.54, 1.807) is 13.8 Å². The van der Waals surface area contributed by atoms with Gasteiger partial charge in [-0.25, -0.2) is 4.79 Å². The predicted octanol–water partition coefficient (Wildman–Crippen LogP) is -4.75. The Morgan fingerprint density at radius 2 is 1.00 bits per heavy atom. The lowest BCUT2D eigenvalue weighted by atomic mass is 9.95. The molecule has 0 spiro atoms. The van der Waals surface area contributed by atoms with Gasteiger partial charge in [0.05, 0.1) is 32.2 Å². The molecule has 0 bridgehead atoms. The molecule has 0 fully saturated rings. The Balaban J connectivity index is 6.10. The Hall–Kier alpha value is -5.91. The van der Waals surface area contributed by atoms with Crippen LogP contribution in [0.15, 0.2) is 0 Å². The van der Waals surface area contributed by atoms with E-state index >= 15 is 0 Å². The third kappa shape index (κ3) is 19.9. The molecule has 0 rings (SSSR count). The number of nitrogens with two attached hydrogens (primary N) is 1. The van der Waals surface area contributed by atoms with Crippen LogP contribution >= 0.6 is 0 Å². The van der Waals surface area contributed by atoms with Gasteiger partial charge in [-0.15, -0.1) is 0 Å². The molecule has 0 aliphatic carbocycles. The van der Waals surface area contributed by atoms with Crippen molar-refractivity contribution in [3.8, 4) is 0 Å². The zero-order valence-corrected chi connectivity index (χ0v) is 34.1. The van der Waals surface area contributed by atoms with E-state index in [0.29, 0.717) is 0 Å². The number of amides is 8. The summed E-state index contributed by atoms with van der Waals surface area (Å²) in [6.07, 6.45) is -1.82. The van der Waals surface area contributed by atoms with Gasteiger partial charge < -0.3 is 68.7 Å². The molecule has 24 nitrogen and oxygen atoms in total. The molecule has 334 valence electrons. The highest BCUT2D eigenvalue weighted by molar-refractivity contribution is 5.98. The highest BCUT2D eigenvalue weighted by Gasteiger charge is 2.36. The molecular weight excluding hydrogens is 786 g/mol. The van der Waals surface area contributed by atoms with Crippen LogP contribution in [0.1, 0.15) is 74.1 Å². The van der Waals surface area contributed by atoms with E-state index in [2.05, 4.69) is 42.5 Å². The van der Waals surface area contributed by atoms with Gasteiger partial charge in [-0.1, -0.05) is 48.0 Å². The van der Waals surface area contributed by atoms with Gasteiger partial charge in [0, 0.05) is 6.42 Å². The molecule has 0 aliphatic heterocycles. The number of carboxylic acid groups (broad SMARTS) is 3. The lowest BCUT2D eigenvalue weighted by Crippen LogP contribution is -2.62. The maximum absolute atomic E-state index is 13.7. The fourth-order valence-corrected chi connectivity index (χ4v) is 4.96. The first-order chi connectivity index (χ1) is 27.4. The molecule has 0 saturated heterocycles. The Morgan fingerprint density at radius 1 is 0.525 bits per heavy atom. The third-order valence-electron chi connectivity index (χ3n) is 8.68. The van der Waals surface area contributed by atoms with Crippen LogP contribution in [0.5, 0.6) is 0 Å². The second-order valence-electron chi connectivity index (χ2n) is 14.4. The van der Waals surface area contributed by atoms with Crippen LogP contribution < -0.4 is 48.3 Å². The summed E-state index contributed by atoms with van der Waals surface area (Å²) in [5, 5.41) is 56.0. The average Bonchev–Trinajstić information content (AvgIpc) is 3.14. The largest absolute Gasteiger partial charge is 0.481 e. The molecule has 0 aromatic rings. The monoisotopic (exact) mass is 845 g/mol. The molecule has 0 heterocycles. The third-order valence-corrected chi connectivity index (χ3v) is 8.68. The summed E-state index contributed by atoms with van der Waals surface area (Å²) in [5.74, 6) is -13.9. The zero-order valence-electron chi connectivity index (χ0n) is 34.1. The number of rotatable bonds is 27. The van der Waals surface area contributed by atoms with Crippen LogP contribution in [0.4, 0.5) is 0 Å². The number of carbonyl (C=O) groups is 11. The molecule has 0 radical (unpaired) electrons. The zero-order chi connectivity index (χ0) is 45.7. The molecule has 8 atom stereocenters. The van der Waals surface area contributed by atoms with Crippen molar-refractivity contribution in [2.75, 3.05) is 19.7 Å². The number of aliphatic hydroxyl groups excluding tert-OH is 1. The number of aliphatic hydroxyl groups is 1. The van der Waals surface area contributed by atoms with E-state index in [-0.39, 0.29) is 6.42 Å². The summed E-state index contributed by atoms with van der Waals surface area (Å²) >= 11 is 0.